The maximum Gasteiger partial charge on any atom is 0.458 e. The van der Waals surface area contributed by atoms with Gasteiger partial charge in [-0.1, -0.05) is 12.2 Å². The molecular weight excluding hydrogens is 221 g/mol. The van der Waals surface area contributed by atoms with Gasteiger partial charge in [0.25, 0.3) is 0 Å². The fraction of sp³-hybridized carbons (Fsp3) is 0.727. The Morgan fingerprint density at radius 2 is 2.12 bits per heavy atom. The van der Waals surface area contributed by atoms with Crippen molar-refractivity contribution in [1.29, 1.82) is 0 Å². The molecule has 0 radical (unpaired) electrons. The molecule has 0 fully saturated rings. The highest BCUT2D eigenvalue weighted by molar-refractivity contribution is 6.43. The lowest BCUT2D eigenvalue weighted by Gasteiger charge is -2.27. The van der Waals surface area contributed by atoms with Crippen molar-refractivity contribution in [3.05, 3.63) is 12.2 Å². The Balaban J connectivity index is 2.43. The number of alkyl carbamates (subject to hydrolysis) is 1. The summed E-state index contributed by atoms with van der Waals surface area (Å²) in [6.45, 7) is 5.40. The van der Waals surface area contributed by atoms with Crippen LogP contribution in [0.3, 0.4) is 0 Å². The minimum absolute atomic E-state index is 0.110. The van der Waals surface area contributed by atoms with Crippen molar-refractivity contribution in [3.63, 3.8) is 0 Å². The Morgan fingerprint density at radius 3 is 2.65 bits per heavy atom. The second-order valence-electron chi connectivity index (χ2n) is 5.32. The molecule has 2 unspecified atom stereocenters. The van der Waals surface area contributed by atoms with Gasteiger partial charge in [0.2, 0.25) is 0 Å². The Morgan fingerprint density at radius 1 is 1.47 bits per heavy atom. The third kappa shape index (κ3) is 5.23. The Hall–Kier alpha value is -1.01. The first kappa shape index (κ1) is 14.1. The van der Waals surface area contributed by atoms with Crippen LogP contribution in [0, 0.1) is 0 Å². The monoisotopic (exact) mass is 241 g/mol. The fourth-order valence-electron chi connectivity index (χ4n) is 1.73. The molecule has 0 aromatic rings. The molecule has 0 spiro atoms. The second kappa shape index (κ2) is 5.55. The van der Waals surface area contributed by atoms with Crippen LogP contribution in [0.15, 0.2) is 12.2 Å². The van der Waals surface area contributed by atoms with E-state index >= 15 is 0 Å². The van der Waals surface area contributed by atoms with Gasteiger partial charge in [-0.2, -0.15) is 0 Å². The summed E-state index contributed by atoms with van der Waals surface area (Å²) in [7, 11) is -1.38. The molecular formula is C11H20BNO4. The SMILES string of the molecule is CC(C)(C)OC(=O)NC1CC=CC(B(O)O)C1. The van der Waals surface area contributed by atoms with Gasteiger partial charge in [0.05, 0.1) is 0 Å². The Bertz CT molecular complexity index is 298. The van der Waals surface area contributed by atoms with E-state index in [0.29, 0.717) is 12.8 Å². The van der Waals surface area contributed by atoms with Crippen molar-refractivity contribution >= 4 is 13.2 Å². The quantitative estimate of drug-likeness (QED) is 0.499. The van der Waals surface area contributed by atoms with Crippen LogP contribution >= 0.6 is 0 Å². The summed E-state index contributed by atoms with van der Waals surface area (Å²) in [6.07, 6.45) is 4.33. The number of nitrogens with one attached hydrogen (secondary N) is 1. The smallest absolute Gasteiger partial charge is 0.444 e. The summed E-state index contributed by atoms with van der Waals surface area (Å²) in [4.78, 5) is 11.5. The predicted octanol–water partition coefficient (Wildman–Crippen LogP) is 1.07. The van der Waals surface area contributed by atoms with E-state index in [0.717, 1.165) is 0 Å². The summed E-state index contributed by atoms with van der Waals surface area (Å²) < 4.78 is 5.14. The van der Waals surface area contributed by atoms with E-state index in [1.807, 2.05) is 6.08 Å². The number of hydrogen-bond acceptors (Lipinski definition) is 4. The van der Waals surface area contributed by atoms with E-state index in [2.05, 4.69) is 5.32 Å². The zero-order valence-electron chi connectivity index (χ0n) is 10.5. The number of hydrogen-bond donors (Lipinski definition) is 3. The lowest BCUT2D eigenvalue weighted by Crippen LogP contribution is -2.41. The van der Waals surface area contributed by atoms with Gasteiger partial charge in [-0.05, 0) is 33.6 Å². The number of allylic oxidation sites excluding steroid dienone is 1. The van der Waals surface area contributed by atoms with Crippen LogP contribution in [0.4, 0.5) is 4.79 Å². The molecule has 5 nitrogen and oxygen atoms in total. The molecule has 17 heavy (non-hydrogen) atoms. The summed E-state index contributed by atoms with van der Waals surface area (Å²) in [5, 5.41) is 20.9. The van der Waals surface area contributed by atoms with Gasteiger partial charge in [-0.25, -0.2) is 4.79 Å². The van der Waals surface area contributed by atoms with Crippen LogP contribution in [0.2, 0.25) is 5.82 Å². The van der Waals surface area contributed by atoms with E-state index in [-0.39, 0.29) is 11.9 Å². The topological polar surface area (TPSA) is 78.8 Å². The third-order valence-electron chi connectivity index (χ3n) is 2.46. The third-order valence-corrected chi connectivity index (χ3v) is 2.46. The van der Waals surface area contributed by atoms with E-state index in [4.69, 9.17) is 14.8 Å². The van der Waals surface area contributed by atoms with Gasteiger partial charge in [0, 0.05) is 11.9 Å². The number of carbonyl (C=O) groups excluding carboxylic acids is 1. The molecule has 1 aliphatic rings. The summed E-state index contributed by atoms with van der Waals surface area (Å²) in [5.41, 5.74) is -0.523. The largest absolute Gasteiger partial charge is 0.458 e. The molecule has 0 aromatic carbocycles. The molecule has 96 valence electrons. The van der Waals surface area contributed by atoms with Crippen molar-refractivity contribution in [2.24, 2.45) is 0 Å². The molecule has 1 amide bonds. The Labute approximate surface area is 102 Å². The van der Waals surface area contributed by atoms with Crippen LogP contribution in [0.25, 0.3) is 0 Å². The molecule has 6 heteroatoms. The normalized spacial score (nSPS) is 24.3. The van der Waals surface area contributed by atoms with Gasteiger partial charge in [0.1, 0.15) is 5.60 Å². The van der Waals surface area contributed by atoms with Gasteiger partial charge in [0.15, 0.2) is 0 Å². The fourth-order valence-corrected chi connectivity index (χ4v) is 1.73. The minimum atomic E-state index is -1.38. The first-order chi connectivity index (χ1) is 7.78. The molecule has 1 aliphatic carbocycles. The van der Waals surface area contributed by atoms with Crippen molar-refractivity contribution in [3.8, 4) is 0 Å². The molecule has 0 saturated heterocycles. The highest BCUT2D eigenvalue weighted by Crippen LogP contribution is 2.24. The van der Waals surface area contributed by atoms with Crippen molar-refractivity contribution in [1.82, 2.24) is 5.32 Å². The summed E-state index contributed by atoms with van der Waals surface area (Å²) in [6, 6.07) is -0.110. The van der Waals surface area contributed by atoms with E-state index < -0.39 is 18.8 Å². The Kier molecular flexibility index (Phi) is 4.59. The molecule has 1 rings (SSSR count). The highest BCUT2D eigenvalue weighted by atomic mass is 16.6. The molecule has 2 atom stereocenters. The van der Waals surface area contributed by atoms with E-state index in [1.54, 1.807) is 26.8 Å². The van der Waals surface area contributed by atoms with E-state index in [9.17, 15) is 4.79 Å². The standard InChI is InChI=1S/C11H20BNO4/c1-11(2,3)17-10(14)13-9-6-4-5-8(7-9)12(15)16/h4-5,8-9,15-16H,6-7H2,1-3H3,(H,13,14). The summed E-state index contributed by atoms with van der Waals surface area (Å²) in [5.74, 6) is -0.330. The van der Waals surface area contributed by atoms with Gasteiger partial charge >= 0.3 is 13.2 Å². The maximum atomic E-state index is 11.5. The first-order valence-electron chi connectivity index (χ1n) is 5.80. The molecule has 0 heterocycles. The van der Waals surface area contributed by atoms with Gasteiger partial charge < -0.3 is 20.1 Å². The number of ether oxygens (including phenoxy) is 1. The van der Waals surface area contributed by atoms with Crippen molar-refractivity contribution < 1.29 is 19.6 Å². The average Bonchev–Trinajstić information content (AvgIpc) is 2.14. The van der Waals surface area contributed by atoms with Gasteiger partial charge in [-0.15, -0.1) is 0 Å². The second-order valence-corrected chi connectivity index (χ2v) is 5.32. The maximum absolute atomic E-state index is 11.5. The van der Waals surface area contributed by atoms with Crippen LogP contribution in [0.1, 0.15) is 33.6 Å². The highest BCUT2D eigenvalue weighted by Gasteiger charge is 2.28. The molecule has 0 saturated carbocycles. The van der Waals surface area contributed by atoms with Crippen molar-refractivity contribution in [2.45, 2.75) is 51.1 Å². The lowest BCUT2D eigenvalue weighted by atomic mass is 9.67. The molecule has 0 aliphatic heterocycles. The molecule has 0 bridgehead atoms. The number of carbonyl (C=O) groups is 1. The van der Waals surface area contributed by atoms with Crippen LogP contribution < -0.4 is 5.32 Å². The van der Waals surface area contributed by atoms with Crippen LogP contribution in [0.5, 0.6) is 0 Å². The zero-order chi connectivity index (χ0) is 13.1. The average molecular weight is 241 g/mol. The molecule has 3 N–H and O–H groups in total. The first-order valence-corrected chi connectivity index (χ1v) is 5.80. The van der Waals surface area contributed by atoms with Crippen molar-refractivity contribution in [2.75, 3.05) is 0 Å². The number of amides is 1. The van der Waals surface area contributed by atoms with Crippen LogP contribution in [-0.2, 0) is 4.74 Å². The zero-order valence-corrected chi connectivity index (χ0v) is 10.5. The minimum Gasteiger partial charge on any atom is -0.444 e. The van der Waals surface area contributed by atoms with E-state index in [1.165, 1.54) is 0 Å². The molecule has 0 aromatic heterocycles. The number of rotatable bonds is 2. The predicted molar refractivity (Wildman–Crippen MR) is 65.5 cm³/mol. The van der Waals surface area contributed by atoms with Crippen LogP contribution in [-0.4, -0.2) is 34.9 Å². The summed E-state index contributed by atoms with van der Waals surface area (Å²) >= 11 is 0. The lowest BCUT2D eigenvalue weighted by molar-refractivity contribution is 0.0500. The van der Waals surface area contributed by atoms with Gasteiger partial charge in [-0.3, -0.25) is 0 Å².